The van der Waals surface area contributed by atoms with Crippen LogP contribution in [0, 0.1) is 5.92 Å². The fourth-order valence-corrected chi connectivity index (χ4v) is 1.85. The second kappa shape index (κ2) is 9.04. The maximum absolute atomic E-state index is 12.0. The lowest BCUT2D eigenvalue weighted by atomic mass is 10.0. The quantitative estimate of drug-likeness (QED) is 0.497. The zero-order chi connectivity index (χ0) is 14.1. The Kier molecular flexibility index (Phi) is 8.57. The number of nitrogens with two attached hydrogens (primary N) is 1. The molecule has 0 saturated carbocycles. The molecule has 7 heteroatoms. The molecule has 5 N–H and O–H groups in total. The van der Waals surface area contributed by atoms with E-state index < -0.39 is 12.1 Å². The molecule has 106 valence electrons. The number of primary amides is 1. The molecule has 0 aromatic heterocycles. The third-order valence-corrected chi connectivity index (χ3v) is 3.22. The van der Waals surface area contributed by atoms with Gasteiger partial charge in [0.2, 0.25) is 5.91 Å². The number of rotatable bonds is 8. The van der Waals surface area contributed by atoms with Crippen LogP contribution in [0.15, 0.2) is 0 Å². The molecule has 3 amide bonds. The van der Waals surface area contributed by atoms with E-state index in [0.29, 0.717) is 6.42 Å². The number of urea groups is 1. The topological polar surface area (TPSA) is 104 Å². The summed E-state index contributed by atoms with van der Waals surface area (Å²) in [5, 5.41) is 14.3. The van der Waals surface area contributed by atoms with Gasteiger partial charge in [0, 0.05) is 0 Å². The molecule has 0 aliphatic carbocycles. The van der Waals surface area contributed by atoms with Gasteiger partial charge < -0.3 is 21.5 Å². The van der Waals surface area contributed by atoms with Crippen molar-refractivity contribution >= 4 is 23.7 Å². The highest BCUT2D eigenvalue weighted by Gasteiger charge is 2.23. The smallest absolute Gasteiger partial charge is 0.312 e. The van der Waals surface area contributed by atoms with Crippen molar-refractivity contribution in [2.75, 3.05) is 18.6 Å². The van der Waals surface area contributed by atoms with Crippen LogP contribution in [-0.2, 0) is 4.79 Å². The first kappa shape index (κ1) is 17.1. The first-order valence-electron chi connectivity index (χ1n) is 5.88. The standard InChI is InChI=1S/C11H23N3O3S/c1-7(2)9(6-15)13-10(16)8(4-5-18-3)14-11(12)17/h7-9,15H,4-6H2,1-3H3,(H,13,16)(H3,12,14,17)/t8?,9-/m1/s1. The average Bonchev–Trinajstić information content (AvgIpc) is 2.30. The fraction of sp³-hybridized carbons (Fsp3) is 0.818. The number of carbonyl (C=O) groups is 2. The van der Waals surface area contributed by atoms with Gasteiger partial charge in [-0.3, -0.25) is 4.79 Å². The number of hydrogen-bond acceptors (Lipinski definition) is 4. The SMILES string of the molecule is CSCCC(NC(N)=O)C(=O)N[C@H](CO)C(C)C. The van der Waals surface area contributed by atoms with Gasteiger partial charge in [0.1, 0.15) is 6.04 Å². The van der Waals surface area contributed by atoms with E-state index in [0.717, 1.165) is 5.75 Å². The first-order valence-corrected chi connectivity index (χ1v) is 7.27. The van der Waals surface area contributed by atoms with E-state index >= 15 is 0 Å². The molecule has 0 rings (SSSR count). The second-order valence-electron chi connectivity index (χ2n) is 4.38. The van der Waals surface area contributed by atoms with Gasteiger partial charge in [-0.25, -0.2) is 4.79 Å². The van der Waals surface area contributed by atoms with Crippen molar-refractivity contribution in [1.29, 1.82) is 0 Å². The lowest BCUT2D eigenvalue weighted by Gasteiger charge is -2.24. The molecule has 0 aromatic rings. The van der Waals surface area contributed by atoms with Gasteiger partial charge in [-0.05, 0) is 24.3 Å². The molecular weight excluding hydrogens is 254 g/mol. The molecule has 6 nitrogen and oxygen atoms in total. The monoisotopic (exact) mass is 277 g/mol. The van der Waals surface area contributed by atoms with E-state index in [1.54, 1.807) is 11.8 Å². The van der Waals surface area contributed by atoms with Crippen molar-refractivity contribution in [3.05, 3.63) is 0 Å². The first-order chi connectivity index (χ1) is 8.42. The highest BCUT2D eigenvalue weighted by molar-refractivity contribution is 7.98. The number of hydrogen-bond donors (Lipinski definition) is 4. The van der Waals surface area contributed by atoms with Crippen LogP contribution in [0.1, 0.15) is 20.3 Å². The van der Waals surface area contributed by atoms with Gasteiger partial charge in [0.15, 0.2) is 0 Å². The number of thioether (sulfide) groups is 1. The van der Waals surface area contributed by atoms with Crippen molar-refractivity contribution in [1.82, 2.24) is 10.6 Å². The Morgan fingerprint density at radius 1 is 1.33 bits per heavy atom. The Hall–Kier alpha value is -0.950. The maximum atomic E-state index is 12.0. The van der Waals surface area contributed by atoms with E-state index in [9.17, 15) is 9.59 Å². The van der Waals surface area contributed by atoms with Crippen LogP contribution in [0.4, 0.5) is 4.79 Å². The van der Waals surface area contributed by atoms with E-state index in [1.807, 2.05) is 20.1 Å². The van der Waals surface area contributed by atoms with Crippen molar-refractivity contribution < 1.29 is 14.7 Å². The number of carbonyl (C=O) groups excluding carboxylic acids is 2. The molecule has 1 unspecified atom stereocenters. The minimum absolute atomic E-state index is 0.119. The van der Waals surface area contributed by atoms with Crippen LogP contribution in [-0.4, -0.2) is 47.7 Å². The predicted molar refractivity (Wildman–Crippen MR) is 73.4 cm³/mol. The van der Waals surface area contributed by atoms with Crippen LogP contribution < -0.4 is 16.4 Å². The number of aliphatic hydroxyl groups excluding tert-OH is 1. The molecule has 0 bridgehead atoms. The number of nitrogens with one attached hydrogen (secondary N) is 2. The van der Waals surface area contributed by atoms with E-state index in [-0.39, 0.29) is 24.5 Å². The zero-order valence-corrected chi connectivity index (χ0v) is 11.9. The van der Waals surface area contributed by atoms with Gasteiger partial charge in [-0.1, -0.05) is 13.8 Å². The molecule has 18 heavy (non-hydrogen) atoms. The summed E-state index contributed by atoms with van der Waals surface area (Å²) in [7, 11) is 0. The number of amides is 3. The summed E-state index contributed by atoms with van der Waals surface area (Å²) in [6, 6.07) is -1.69. The van der Waals surface area contributed by atoms with Gasteiger partial charge in [-0.2, -0.15) is 11.8 Å². The summed E-state index contributed by atoms with van der Waals surface area (Å²) in [5.41, 5.74) is 5.04. The Labute approximate surface area is 112 Å². The van der Waals surface area contributed by atoms with Crippen molar-refractivity contribution in [3.63, 3.8) is 0 Å². The third kappa shape index (κ3) is 6.70. The number of aliphatic hydroxyl groups is 1. The molecule has 0 aliphatic heterocycles. The molecule has 0 aromatic carbocycles. The van der Waals surface area contributed by atoms with Crippen LogP contribution >= 0.6 is 11.8 Å². The molecular formula is C11H23N3O3S. The van der Waals surface area contributed by atoms with Gasteiger partial charge in [0.05, 0.1) is 12.6 Å². The Morgan fingerprint density at radius 2 is 1.94 bits per heavy atom. The minimum Gasteiger partial charge on any atom is -0.394 e. The summed E-state index contributed by atoms with van der Waals surface area (Å²) < 4.78 is 0. The summed E-state index contributed by atoms with van der Waals surface area (Å²) >= 11 is 1.58. The van der Waals surface area contributed by atoms with Gasteiger partial charge >= 0.3 is 6.03 Å². The maximum Gasteiger partial charge on any atom is 0.312 e. The lowest BCUT2D eigenvalue weighted by Crippen LogP contribution is -2.53. The van der Waals surface area contributed by atoms with Crippen LogP contribution in [0.5, 0.6) is 0 Å². The van der Waals surface area contributed by atoms with Crippen LogP contribution in [0.3, 0.4) is 0 Å². The highest BCUT2D eigenvalue weighted by Crippen LogP contribution is 2.04. The van der Waals surface area contributed by atoms with E-state index in [4.69, 9.17) is 10.8 Å². The molecule has 0 aliphatic rings. The van der Waals surface area contributed by atoms with Gasteiger partial charge in [-0.15, -0.1) is 0 Å². The Morgan fingerprint density at radius 3 is 2.33 bits per heavy atom. The highest BCUT2D eigenvalue weighted by atomic mass is 32.2. The summed E-state index contributed by atoms with van der Waals surface area (Å²) in [4.78, 5) is 22.8. The summed E-state index contributed by atoms with van der Waals surface area (Å²) in [5.74, 6) is 0.549. The van der Waals surface area contributed by atoms with Gasteiger partial charge in [0.25, 0.3) is 0 Å². The fourth-order valence-electron chi connectivity index (χ4n) is 1.38. The minimum atomic E-state index is -0.721. The molecule has 0 fully saturated rings. The Bertz CT molecular complexity index is 274. The van der Waals surface area contributed by atoms with Crippen LogP contribution in [0.2, 0.25) is 0 Å². The predicted octanol–water partition coefficient (Wildman–Crippen LogP) is -0.0905. The Balaban J connectivity index is 4.47. The molecule has 0 radical (unpaired) electrons. The largest absolute Gasteiger partial charge is 0.394 e. The zero-order valence-electron chi connectivity index (χ0n) is 11.1. The normalized spacial score (nSPS) is 14.1. The van der Waals surface area contributed by atoms with Crippen molar-refractivity contribution in [2.24, 2.45) is 11.7 Å². The van der Waals surface area contributed by atoms with E-state index in [2.05, 4.69) is 10.6 Å². The average molecular weight is 277 g/mol. The molecule has 0 saturated heterocycles. The molecule has 0 heterocycles. The third-order valence-electron chi connectivity index (χ3n) is 2.57. The van der Waals surface area contributed by atoms with E-state index in [1.165, 1.54) is 0 Å². The molecule has 2 atom stereocenters. The van der Waals surface area contributed by atoms with Crippen molar-refractivity contribution in [3.8, 4) is 0 Å². The van der Waals surface area contributed by atoms with Crippen LogP contribution in [0.25, 0.3) is 0 Å². The lowest BCUT2D eigenvalue weighted by molar-refractivity contribution is -0.124. The second-order valence-corrected chi connectivity index (χ2v) is 5.37. The summed E-state index contributed by atoms with van der Waals surface area (Å²) in [6.07, 6.45) is 2.43. The van der Waals surface area contributed by atoms with Crippen molar-refractivity contribution in [2.45, 2.75) is 32.4 Å². The summed E-state index contributed by atoms with van der Waals surface area (Å²) in [6.45, 7) is 3.67. The molecule has 0 spiro atoms.